The second-order valence-corrected chi connectivity index (χ2v) is 8.46. The van der Waals surface area contributed by atoms with Crippen LogP contribution in [-0.2, 0) is 6.42 Å². The van der Waals surface area contributed by atoms with E-state index in [1.165, 1.54) is 43.6 Å². The van der Waals surface area contributed by atoms with Crippen molar-refractivity contribution in [2.24, 2.45) is 11.3 Å². The zero-order chi connectivity index (χ0) is 15.3. The summed E-state index contributed by atoms with van der Waals surface area (Å²) in [6.45, 7) is 10.6. The minimum Gasteiger partial charge on any atom is -0.314 e. The van der Waals surface area contributed by atoms with Crippen molar-refractivity contribution in [3.8, 4) is 0 Å². The molecule has 0 radical (unpaired) electrons. The van der Waals surface area contributed by atoms with E-state index in [2.05, 4.69) is 55.5 Å². The fraction of sp³-hybridized carbons (Fsp3) is 0.778. The molecular weight excluding hydrogens is 276 g/mol. The Morgan fingerprint density at radius 1 is 1.43 bits per heavy atom. The van der Waals surface area contributed by atoms with E-state index in [4.69, 9.17) is 0 Å². The molecule has 2 rings (SSSR count). The van der Waals surface area contributed by atoms with E-state index in [-0.39, 0.29) is 0 Å². The lowest BCUT2D eigenvalue weighted by Crippen LogP contribution is -2.47. The Bertz CT molecular complexity index is 399. The lowest BCUT2D eigenvalue weighted by Gasteiger charge is -2.42. The van der Waals surface area contributed by atoms with Gasteiger partial charge in [0.25, 0.3) is 0 Å². The van der Waals surface area contributed by atoms with E-state index in [1.54, 1.807) is 0 Å². The van der Waals surface area contributed by atoms with Gasteiger partial charge in [0.05, 0.1) is 0 Å². The summed E-state index contributed by atoms with van der Waals surface area (Å²) in [5.41, 5.74) is 0.519. The largest absolute Gasteiger partial charge is 0.314 e. The third kappa shape index (κ3) is 5.39. The van der Waals surface area contributed by atoms with Gasteiger partial charge in [-0.1, -0.05) is 26.8 Å². The molecular formula is C18H32N2S. The van der Waals surface area contributed by atoms with E-state index in [9.17, 15) is 0 Å². The highest BCUT2D eigenvalue weighted by Crippen LogP contribution is 2.39. The standard InChI is InChI=1S/C18H32N2S/c1-5-19-17-8-10-18(2,3)13-15(17)14-20(4)11-9-16-7-6-12-21-16/h6-7,12,15,17,19H,5,8-11,13-14H2,1-4H3. The Kier molecular flexibility index (Phi) is 6.27. The maximum absolute atomic E-state index is 3.72. The van der Waals surface area contributed by atoms with Crippen molar-refractivity contribution in [3.63, 3.8) is 0 Å². The molecule has 2 atom stereocenters. The van der Waals surface area contributed by atoms with Crippen molar-refractivity contribution in [1.29, 1.82) is 0 Å². The normalized spacial score (nSPS) is 25.4. The van der Waals surface area contributed by atoms with Crippen LogP contribution >= 0.6 is 11.3 Å². The molecule has 21 heavy (non-hydrogen) atoms. The van der Waals surface area contributed by atoms with Gasteiger partial charge in [-0.3, -0.25) is 0 Å². The summed E-state index contributed by atoms with van der Waals surface area (Å²) in [6, 6.07) is 5.13. The Morgan fingerprint density at radius 3 is 2.90 bits per heavy atom. The Hall–Kier alpha value is -0.380. The second kappa shape index (κ2) is 7.75. The smallest absolute Gasteiger partial charge is 0.0108 e. The van der Waals surface area contributed by atoms with E-state index >= 15 is 0 Å². The molecule has 0 saturated heterocycles. The Labute approximate surface area is 134 Å². The SMILES string of the molecule is CCNC1CCC(C)(C)CC1CN(C)CCc1cccs1. The van der Waals surface area contributed by atoms with Crippen LogP contribution < -0.4 is 5.32 Å². The zero-order valence-electron chi connectivity index (χ0n) is 14.2. The van der Waals surface area contributed by atoms with Gasteiger partial charge in [-0.2, -0.15) is 0 Å². The molecule has 2 unspecified atom stereocenters. The summed E-state index contributed by atoms with van der Waals surface area (Å²) < 4.78 is 0. The third-order valence-corrected chi connectivity index (χ3v) is 5.78. The number of likely N-dealkylation sites (N-methyl/N-ethyl adjacent to an activating group) is 1. The molecule has 0 aromatic carbocycles. The summed E-state index contributed by atoms with van der Waals surface area (Å²) in [5, 5.41) is 5.90. The molecule has 1 aliphatic rings. The average molecular weight is 309 g/mol. The summed E-state index contributed by atoms with van der Waals surface area (Å²) in [5.74, 6) is 0.794. The summed E-state index contributed by atoms with van der Waals surface area (Å²) in [6.07, 6.45) is 5.24. The first-order chi connectivity index (χ1) is 10.00. The average Bonchev–Trinajstić information content (AvgIpc) is 2.92. The van der Waals surface area contributed by atoms with Gasteiger partial charge in [-0.15, -0.1) is 11.3 Å². The van der Waals surface area contributed by atoms with Crippen molar-refractivity contribution in [1.82, 2.24) is 10.2 Å². The lowest BCUT2D eigenvalue weighted by molar-refractivity contribution is 0.110. The van der Waals surface area contributed by atoms with Gasteiger partial charge < -0.3 is 10.2 Å². The Balaban J connectivity index is 1.84. The molecule has 120 valence electrons. The first-order valence-corrected chi connectivity index (χ1v) is 9.32. The summed E-state index contributed by atoms with van der Waals surface area (Å²) in [7, 11) is 2.29. The number of rotatable bonds is 7. The summed E-state index contributed by atoms with van der Waals surface area (Å²) >= 11 is 1.88. The maximum atomic E-state index is 3.72. The van der Waals surface area contributed by atoms with Gasteiger partial charge in [-0.05, 0) is 62.1 Å². The molecule has 3 heteroatoms. The second-order valence-electron chi connectivity index (χ2n) is 7.42. The Morgan fingerprint density at radius 2 is 2.24 bits per heavy atom. The van der Waals surface area contributed by atoms with Crippen LogP contribution in [0.3, 0.4) is 0 Å². The van der Waals surface area contributed by atoms with Gasteiger partial charge in [-0.25, -0.2) is 0 Å². The van der Waals surface area contributed by atoms with E-state index in [0.29, 0.717) is 11.5 Å². The van der Waals surface area contributed by atoms with E-state index < -0.39 is 0 Å². The number of hydrogen-bond donors (Lipinski definition) is 1. The molecule has 1 saturated carbocycles. The van der Waals surface area contributed by atoms with Gasteiger partial charge in [0.2, 0.25) is 0 Å². The van der Waals surface area contributed by atoms with Crippen LogP contribution in [0.1, 0.15) is 44.9 Å². The molecule has 0 bridgehead atoms. The molecule has 0 amide bonds. The highest BCUT2D eigenvalue weighted by molar-refractivity contribution is 7.09. The predicted octanol–water partition coefficient (Wildman–Crippen LogP) is 4.03. The van der Waals surface area contributed by atoms with Crippen LogP contribution in [0.5, 0.6) is 0 Å². The van der Waals surface area contributed by atoms with Gasteiger partial charge in [0, 0.05) is 24.0 Å². The topological polar surface area (TPSA) is 15.3 Å². The fourth-order valence-corrected chi connectivity index (χ4v) is 4.40. The quantitative estimate of drug-likeness (QED) is 0.818. The van der Waals surface area contributed by atoms with Gasteiger partial charge in [0.15, 0.2) is 0 Å². The molecule has 1 aromatic heterocycles. The minimum absolute atomic E-state index is 0.519. The predicted molar refractivity (Wildman–Crippen MR) is 94.1 cm³/mol. The number of hydrogen-bond acceptors (Lipinski definition) is 3. The zero-order valence-corrected chi connectivity index (χ0v) is 15.0. The molecule has 2 nitrogen and oxygen atoms in total. The van der Waals surface area contributed by atoms with Crippen LogP contribution in [0.25, 0.3) is 0 Å². The summed E-state index contributed by atoms with van der Waals surface area (Å²) in [4.78, 5) is 4.05. The molecule has 1 N–H and O–H groups in total. The van der Waals surface area contributed by atoms with Crippen LogP contribution in [0.2, 0.25) is 0 Å². The van der Waals surface area contributed by atoms with Crippen LogP contribution in [-0.4, -0.2) is 37.6 Å². The molecule has 1 aliphatic carbocycles. The van der Waals surface area contributed by atoms with E-state index in [1.807, 2.05) is 11.3 Å². The van der Waals surface area contributed by atoms with Crippen molar-refractivity contribution < 1.29 is 0 Å². The first-order valence-electron chi connectivity index (χ1n) is 8.44. The van der Waals surface area contributed by atoms with Crippen molar-refractivity contribution in [2.75, 3.05) is 26.7 Å². The van der Waals surface area contributed by atoms with E-state index in [0.717, 1.165) is 12.5 Å². The number of nitrogens with zero attached hydrogens (tertiary/aromatic N) is 1. The maximum Gasteiger partial charge on any atom is 0.0108 e. The van der Waals surface area contributed by atoms with Crippen LogP contribution in [0.15, 0.2) is 17.5 Å². The first kappa shape index (κ1) is 17.0. The van der Waals surface area contributed by atoms with Crippen molar-refractivity contribution >= 4 is 11.3 Å². The number of thiophene rings is 1. The van der Waals surface area contributed by atoms with Crippen LogP contribution in [0.4, 0.5) is 0 Å². The minimum atomic E-state index is 0.519. The lowest BCUT2D eigenvalue weighted by atomic mass is 9.69. The third-order valence-electron chi connectivity index (χ3n) is 4.85. The molecule has 0 spiro atoms. The number of nitrogens with one attached hydrogen (secondary N) is 1. The fourth-order valence-electron chi connectivity index (χ4n) is 3.71. The highest BCUT2D eigenvalue weighted by atomic mass is 32.1. The molecule has 1 heterocycles. The molecule has 1 fully saturated rings. The van der Waals surface area contributed by atoms with Crippen molar-refractivity contribution in [2.45, 2.75) is 52.5 Å². The van der Waals surface area contributed by atoms with Gasteiger partial charge in [0.1, 0.15) is 0 Å². The molecule has 1 aromatic rings. The van der Waals surface area contributed by atoms with Crippen LogP contribution in [0, 0.1) is 11.3 Å². The monoisotopic (exact) mass is 308 g/mol. The highest BCUT2D eigenvalue weighted by Gasteiger charge is 2.34. The van der Waals surface area contributed by atoms with Gasteiger partial charge >= 0.3 is 0 Å². The van der Waals surface area contributed by atoms with Crippen molar-refractivity contribution in [3.05, 3.63) is 22.4 Å². The molecule has 0 aliphatic heterocycles.